The van der Waals surface area contributed by atoms with Gasteiger partial charge in [0.25, 0.3) is 10.0 Å². The van der Waals surface area contributed by atoms with E-state index in [-0.39, 0.29) is 29.2 Å². The molecule has 3 rings (SSSR count). The lowest BCUT2D eigenvalue weighted by Gasteiger charge is -2.32. The number of carbonyl (C=O) groups excluding carboxylic acids is 2. The summed E-state index contributed by atoms with van der Waals surface area (Å²) in [6, 6.07) is 17.6. The Labute approximate surface area is 259 Å². The number of nitrogens with one attached hydrogen (secondary N) is 1. The Balaban J connectivity index is 2.07. The minimum atomic E-state index is -4.16. The van der Waals surface area contributed by atoms with E-state index < -0.39 is 28.5 Å². The van der Waals surface area contributed by atoms with E-state index >= 15 is 0 Å². The second-order valence-corrected chi connectivity index (χ2v) is 13.8. The fourth-order valence-corrected chi connectivity index (χ4v) is 6.21. The molecule has 0 aliphatic carbocycles. The Morgan fingerprint density at radius 3 is 1.95 bits per heavy atom. The van der Waals surface area contributed by atoms with Crippen LogP contribution in [0, 0.1) is 12.8 Å². The van der Waals surface area contributed by atoms with Crippen LogP contribution in [0.4, 0.5) is 5.69 Å². The predicted molar refractivity (Wildman–Crippen MR) is 171 cm³/mol. The van der Waals surface area contributed by atoms with Crippen LogP contribution >= 0.6 is 23.2 Å². The van der Waals surface area contributed by atoms with Crippen molar-refractivity contribution < 1.29 is 18.0 Å². The van der Waals surface area contributed by atoms with Crippen molar-refractivity contribution in [2.24, 2.45) is 5.92 Å². The van der Waals surface area contributed by atoms with Crippen molar-refractivity contribution in [1.82, 2.24) is 10.2 Å². The number of halogens is 2. The molecule has 0 heterocycles. The quantitative estimate of drug-likeness (QED) is 0.238. The van der Waals surface area contributed by atoms with E-state index in [1.54, 1.807) is 49.4 Å². The van der Waals surface area contributed by atoms with Gasteiger partial charge in [0.05, 0.1) is 10.6 Å². The molecule has 1 atom stereocenters. The SMILES string of the molecule is Cc1ccc(S(=O)(=O)N(CC(=O)N(Cc2c(Cl)cccc2Cl)[C@H](C)C(=O)NCC(C)C)c2ccc(C(C)C)cc2)cc1. The third-order valence-corrected chi connectivity index (χ3v) is 9.47. The summed E-state index contributed by atoms with van der Waals surface area (Å²) in [5.74, 6) is -0.507. The van der Waals surface area contributed by atoms with Gasteiger partial charge in [0.15, 0.2) is 0 Å². The first-order chi connectivity index (χ1) is 19.7. The zero-order valence-corrected chi connectivity index (χ0v) is 27.2. The highest BCUT2D eigenvalue weighted by molar-refractivity contribution is 7.92. The van der Waals surface area contributed by atoms with Crippen LogP contribution in [-0.2, 0) is 26.2 Å². The van der Waals surface area contributed by atoms with Gasteiger partial charge in [-0.2, -0.15) is 0 Å². The van der Waals surface area contributed by atoms with Crippen molar-refractivity contribution in [3.8, 4) is 0 Å². The highest BCUT2D eigenvalue weighted by Gasteiger charge is 2.33. The Morgan fingerprint density at radius 1 is 0.857 bits per heavy atom. The van der Waals surface area contributed by atoms with Gasteiger partial charge in [-0.05, 0) is 67.6 Å². The molecule has 0 aromatic heterocycles. The number of hydrogen-bond acceptors (Lipinski definition) is 4. The van der Waals surface area contributed by atoms with Crippen molar-refractivity contribution in [2.45, 2.75) is 64.9 Å². The monoisotopic (exact) mass is 631 g/mol. The lowest BCUT2D eigenvalue weighted by Crippen LogP contribution is -2.51. The van der Waals surface area contributed by atoms with Gasteiger partial charge in [-0.25, -0.2) is 8.42 Å². The molecule has 3 aromatic rings. The fraction of sp³-hybridized carbons (Fsp3) is 0.375. The lowest BCUT2D eigenvalue weighted by molar-refractivity contribution is -0.139. The second-order valence-electron chi connectivity index (χ2n) is 11.1. The molecule has 0 bridgehead atoms. The molecule has 7 nitrogen and oxygen atoms in total. The number of carbonyl (C=O) groups is 2. The molecular formula is C32H39Cl2N3O4S. The van der Waals surface area contributed by atoms with Crippen LogP contribution in [0.3, 0.4) is 0 Å². The average Bonchev–Trinajstić information content (AvgIpc) is 2.94. The van der Waals surface area contributed by atoms with Crippen molar-refractivity contribution in [3.05, 3.63) is 93.5 Å². The molecule has 0 saturated heterocycles. The maximum atomic E-state index is 14.1. The molecule has 0 radical (unpaired) electrons. The van der Waals surface area contributed by atoms with Gasteiger partial charge in [0.2, 0.25) is 11.8 Å². The van der Waals surface area contributed by atoms with E-state index in [9.17, 15) is 18.0 Å². The Bertz CT molecular complexity index is 1470. The van der Waals surface area contributed by atoms with Crippen LogP contribution in [0.25, 0.3) is 0 Å². The number of hydrogen-bond donors (Lipinski definition) is 1. The van der Waals surface area contributed by atoms with Crippen LogP contribution in [0.1, 0.15) is 57.2 Å². The maximum absolute atomic E-state index is 14.1. The summed E-state index contributed by atoms with van der Waals surface area (Å²) < 4.78 is 29.1. The van der Waals surface area contributed by atoms with Gasteiger partial charge >= 0.3 is 0 Å². The van der Waals surface area contributed by atoms with Gasteiger partial charge < -0.3 is 10.2 Å². The van der Waals surface area contributed by atoms with E-state index in [0.717, 1.165) is 15.4 Å². The first kappa shape index (κ1) is 33.4. The van der Waals surface area contributed by atoms with Gasteiger partial charge in [0.1, 0.15) is 12.6 Å². The molecule has 0 aliphatic heterocycles. The summed E-state index contributed by atoms with van der Waals surface area (Å²) >= 11 is 12.9. The molecule has 0 spiro atoms. The minimum Gasteiger partial charge on any atom is -0.354 e. The predicted octanol–water partition coefficient (Wildman–Crippen LogP) is 6.81. The molecule has 42 heavy (non-hydrogen) atoms. The second kappa shape index (κ2) is 14.4. The minimum absolute atomic E-state index is 0.0530. The number of sulfonamides is 1. The third-order valence-electron chi connectivity index (χ3n) is 6.98. The van der Waals surface area contributed by atoms with Crippen LogP contribution in [0.5, 0.6) is 0 Å². The smallest absolute Gasteiger partial charge is 0.264 e. The number of nitrogens with zero attached hydrogens (tertiary/aromatic N) is 2. The van der Waals surface area contributed by atoms with E-state index in [2.05, 4.69) is 5.32 Å². The van der Waals surface area contributed by atoms with Crippen LogP contribution in [-0.4, -0.2) is 44.3 Å². The van der Waals surface area contributed by atoms with Crippen LogP contribution in [0.2, 0.25) is 10.0 Å². The molecule has 0 unspecified atom stereocenters. The summed E-state index contributed by atoms with van der Waals surface area (Å²) in [5, 5.41) is 3.54. The van der Waals surface area contributed by atoms with Crippen molar-refractivity contribution in [1.29, 1.82) is 0 Å². The molecule has 0 aliphatic rings. The first-order valence-corrected chi connectivity index (χ1v) is 16.1. The highest BCUT2D eigenvalue weighted by Crippen LogP contribution is 2.29. The summed E-state index contributed by atoms with van der Waals surface area (Å²) in [6.07, 6.45) is 0. The van der Waals surface area contributed by atoms with Crippen molar-refractivity contribution >= 4 is 50.7 Å². The number of benzene rings is 3. The van der Waals surface area contributed by atoms with Crippen LogP contribution < -0.4 is 9.62 Å². The molecule has 3 aromatic carbocycles. The van der Waals surface area contributed by atoms with Gasteiger partial charge in [-0.3, -0.25) is 13.9 Å². The largest absolute Gasteiger partial charge is 0.354 e. The van der Waals surface area contributed by atoms with Crippen LogP contribution in [0.15, 0.2) is 71.6 Å². The van der Waals surface area contributed by atoms with E-state index in [1.807, 2.05) is 46.8 Å². The fourth-order valence-electron chi connectivity index (χ4n) is 4.28. The normalized spacial score (nSPS) is 12.3. The lowest BCUT2D eigenvalue weighted by atomic mass is 10.0. The molecular weight excluding hydrogens is 593 g/mol. The molecule has 0 fully saturated rings. The molecule has 1 N–H and O–H groups in total. The number of aryl methyl sites for hydroxylation is 1. The summed E-state index contributed by atoms with van der Waals surface area (Å²) in [4.78, 5) is 28.6. The molecule has 2 amide bonds. The Kier molecular flexibility index (Phi) is 11.5. The maximum Gasteiger partial charge on any atom is 0.264 e. The number of amides is 2. The van der Waals surface area contributed by atoms with Crippen molar-refractivity contribution in [2.75, 3.05) is 17.4 Å². The summed E-state index contributed by atoms with van der Waals surface area (Å²) in [6.45, 7) is 11.3. The summed E-state index contributed by atoms with van der Waals surface area (Å²) in [5.41, 5.74) is 2.73. The topological polar surface area (TPSA) is 86.8 Å². The number of anilines is 1. The van der Waals surface area contributed by atoms with E-state index in [4.69, 9.17) is 23.2 Å². The summed E-state index contributed by atoms with van der Waals surface area (Å²) in [7, 11) is -4.16. The first-order valence-electron chi connectivity index (χ1n) is 13.9. The third kappa shape index (κ3) is 8.27. The molecule has 10 heteroatoms. The molecule has 0 saturated carbocycles. The standard InChI is InChI=1S/C32H39Cl2N3O4S/c1-21(2)18-35-32(39)24(6)36(19-28-29(33)8-7-9-30(28)34)31(38)20-37(26-14-12-25(13-15-26)22(3)4)42(40,41)27-16-10-23(5)11-17-27/h7-17,21-22,24H,18-20H2,1-6H3,(H,35,39)/t24-/m1/s1. The zero-order chi connectivity index (χ0) is 31.2. The Hall–Kier alpha value is -3.07. The van der Waals surface area contributed by atoms with Crippen molar-refractivity contribution in [3.63, 3.8) is 0 Å². The van der Waals surface area contributed by atoms with E-state index in [1.165, 1.54) is 17.0 Å². The molecule has 226 valence electrons. The van der Waals surface area contributed by atoms with E-state index in [0.29, 0.717) is 27.8 Å². The van der Waals surface area contributed by atoms with Gasteiger partial charge in [-0.15, -0.1) is 0 Å². The zero-order valence-electron chi connectivity index (χ0n) is 24.9. The number of rotatable bonds is 12. The Morgan fingerprint density at radius 2 is 1.43 bits per heavy atom. The van der Waals surface area contributed by atoms with Gasteiger partial charge in [-0.1, -0.05) is 86.8 Å². The highest BCUT2D eigenvalue weighted by atomic mass is 35.5. The van der Waals surface area contributed by atoms with Gasteiger partial charge in [0, 0.05) is 28.7 Å². The average molecular weight is 633 g/mol.